The molecule has 5 heteroatoms. The van der Waals surface area contributed by atoms with Crippen molar-refractivity contribution in [2.24, 2.45) is 5.73 Å². The molecule has 0 spiro atoms. The lowest BCUT2D eigenvalue weighted by molar-refractivity contribution is 0.217. The van der Waals surface area contributed by atoms with Crippen LogP contribution in [0.1, 0.15) is 12.0 Å². The maximum atomic E-state index is 12.2. The summed E-state index contributed by atoms with van der Waals surface area (Å²) in [5.74, 6) is 0. The standard InChI is InChI=1S/C13H18BrN3O/c1-9-3-4-12(11(14)7-9)17-8-10(5-6-15)16(2)13(17)18/h3-4,7,10H,5-6,8,15H2,1-2H3. The van der Waals surface area contributed by atoms with Crippen molar-refractivity contribution in [3.8, 4) is 0 Å². The Labute approximate surface area is 116 Å². The summed E-state index contributed by atoms with van der Waals surface area (Å²) in [5, 5.41) is 0. The molecule has 1 fully saturated rings. The molecule has 2 N–H and O–H groups in total. The summed E-state index contributed by atoms with van der Waals surface area (Å²) >= 11 is 3.53. The Balaban J connectivity index is 2.26. The van der Waals surface area contributed by atoms with Gasteiger partial charge < -0.3 is 10.6 Å². The van der Waals surface area contributed by atoms with Gasteiger partial charge in [-0.15, -0.1) is 0 Å². The van der Waals surface area contributed by atoms with E-state index in [1.54, 1.807) is 4.90 Å². The average molecular weight is 312 g/mol. The highest BCUT2D eigenvalue weighted by molar-refractivity contribution is 9.10. The van der Waals surface area contributed by atoms with Crippen LogP contribution in [0, 0.1) is 6.92 Å². The third kappa shape index (κ3) is 2.37. The van der Waals surface area contributed by atoms with Gasteiger partial charge in [-0.25, -0.2) is 4.79 Å². The highest BCUT2D eigenvalue weighted by Crippen LogP contribution is 2.31. The van der Waals surface area contributed by atoms with Gasteiger partial charge in [0, 0.05) is 18.1 Å². The largest absolute Gasteiger partial charge is 0.330 e. The molecule has 1 aromatic carbocycles. The van der Waals surface area contributed by atoms with Crippen LogP contribution in [0.25, 0.3) is 0 Å². The van der Waals surface area contributed by atoms with Gasteiger partial charge in [0.1, 0.15) is 0 Å². The van der Waals surface area contributed by atoms with Gasteiger partial charge in [0.2, 0.25) is 0 Å². The van der Waals surface area contributed by atoms with Gasteiger partial charge in [-0.3, -0.25) is 4.90 Å². The maximum Gasteiger partial charge on any atom is 0.324 e. The van der Waals surface area contributed by atoms with E-state index in [-0.39, 0.29) is 12.1 Å². The maximum absolute atomic E-state index is 12.2. The van der Waals surface area contributed by atoms with Crippen molar-refractivity contribution in [1.82, 2.24) is 4.90 Å². The summed E-state index contributed by atoms with van der Waals surface area (Å²) < 4.78 is 0.956. The number of urea groups is 1. The zero-order chi connectivity index (χ0) is 13.3. The Morgan fingerprint density at radius 3 is 2.83 bits per heavy atom. The second-order valence-corrected chi connectivity index (χ2v) is 5.54. The van der Waals surface area contributed by atoms with Gasteiger partial charge in [-0.05, 0) is 53.5 Å². The number of nitrogens with two attached hydrogens (primary N) is 1. The minimum Gasteiger partial charge on any atom is -0.330 e. The molecule has 1 saturated heterocycles. The Morgan fingerprint density at radius 2 is 2.22 bits per heavy atom. The van der Waals surface area contributed by atoms with Crippen molar-refractivity contribution in [1.29, 1.82) is 0 Å². The Kier molecular flexibility index (Phi) is 3.92. The van der Waals surface area contributed by atoms with E-state index in [9.17, 15) is 4.79 Å². The van der Waals surface area contributed by atoms with Crippen molar-refractivity contribution in [2.75, 3.05) is 25.0 Å². The fourth-order valence-corrected chi connectivity index (χ4v) is 2.97. The van der Waals surface area contributed by atoms with E-state index in [1.165, 1.54) is 5.56 Å². The van der Waals surface area contributed by atoms with Gasteiger partial charge >= 0.3 is 6.03 Å². The van der Waals surface area contributed by atoms with Crippen LogP contribution in [0.4, 0.5) is 10.5 Å². The molecule has 1 atom stereocenters. The molecule has 1 unspecified atom stereocenters. The van der Waals surface area contributed by atoms with Crippen LogP contribution < -0.4 is 10.6 Å². The van der Waals surface area contributed by atoms with Gasteiger partial charge in [0.05, 0.1) is 11.7 Å². The number of rotatable bonds is 3. The Hall–Kier alpha value is -1.07. The highest BCUT2D eigenvalue weighted by Gasteiger charge is 2.35. The van der Waals surface area contributed by atoms with Crippen LogP contribution in [-0.4, -0.2) is 37.1 Å². The lowest BCUT2D eigenvalue weighted by Crippen LogP contribution is -2.32. The summed E-state index contributed by atoms with van der Waals surface area (Å²) in [5.41, 5.74) is 7.68. The number of carbonyl (C=O) groups excluding carboxylic acids is 1. The second kappa shape index (κ2) is 5.28. The lowest BCUT2D eigenvalue weighted by Gasteiger charge is -2.17. The summed E-state index contributed by atoms with van der Waals surface area (Å²) in [4.78, 5) is 15.8. The molecule has 1 heterocycles. The molecular weight excluding hydrogens is 294 g/mol. The molecular formula is C13H18BrN3O. The molecule has 4 nitrogen and oxygen atoms in total. The van der Waals surface area contributed by atoms with E-state index < -0.39 is 0 Å². The third-order valence-electron chi connectivity index (χ3n) is 3.37. The van der Waals surface area contributed by atoms with Crippen molar-refractivity contribution < 1.29 is 4.79 Å². The smallest absolute Gasteiger partial charge is 0.324 e. The van der Waals surface area contributed by atoms with Crippen LogP contribution >= 0.6 is 15.9 Å². The fourth-order valence-electron chi connectivity index (χ4n) is 2.27. The fraction of sp³-hybridized carbons (Fsp3) is 0.462. The number of amides is 2. The minimum atomic E-state index is 0.0398. The number of hydrogen-bond acceptors (Lipinski definition) is 2. The number of halogens is 1. The first-order valence-corrected chi connectivity index (χ1v) is 6.84. The predicted octanol–water partition coefficient (Wildman–Crippen LogP) is 2.35. The monoisotopic (exact) mass is 311 g/mol. The Bertz CT molecular complexity index is 464. The molecule has 1 aliphatic rings. The number of hydrogen-bond donors (Lipinski definition) is 1. The third-order valence-corrected chi connectivity index (χ3v) is 4.00. The summed E-state index contributed by atoms with van der Waals surface area (Å²) in [6.07, 6.45) is 0.836. The van der Waals surface area contributed by atoms with Crippen molar-refractivity contribution in [2.45, 2.75) is 19.4 Å². The molecule has 0 bridgehead atoms. The van der Waals surface area contributed by atoms with Gasteiger partial charge in [0.25, 0.3) is 0 Å². The average Bonchev–Trinajstić information content (AvgIpc) is 2.58. The topological polar surface area (TPSA) is 49.6 Å². The molecule has 1 aliphatic heterocycles. The predicted molar refractivity (Wildman–Crippen MR) is 76.8 cm³/mol. The minimum absolute atomic E-state index is 0.0398. The molecule has 18 heavy (non-hydrogen) atoms. The van der Waals surface area contributed by atoms with E-state index in [0.717, 1.165) is 16.6 Å². The van der Waals surface area contributed by atoms with Crippen molar-refractivity contribution in [3.05, 3.63) is 28.2 Å². The zero-order valence-electron chi connectivity index (χ0n) is 10.7. The van der Waals surface area contributed by atoms with E-state index in [1.807, 2.05) is 37.1 Å². The molecule has 98 valence electrons. The summed E-state index contributed by atoms with van der Waals surface area (Å²) in [6.45, 7) is 3.34. The zero-order valence-corrected chi connectivity index (χ0v) is 12.3. The lowest BCUT2D eigenvalue weighted by atomic mass is 10.2. The normalized spacial score (nSPS) is 19.8. The van der Waals surface area contributed by atoms with Crippen LogP contribution in [0.15, 0.2) is 22.7 Å². The van der Waals surface area contributed by atoms with Crippen LogP contribution in [0.2, 0.25) is 0 Å². The Morgan fingerprint density at radius 1 is 1.50 bits per heavy atom. The number of carbonyl (C=O) groups is 1. The van der Waals surface area contributed by atoms with Crippen molar-refractivity contribution >= 4 is 27.6 Å². The van der Waals surface area contributed by atoms with Gasteiger partial charge in [-0.2, -0.15) is 0 Å². The number of likely N-dealkylation sites (N-methyl/N-ethyl adjacent to an activating group) is 1. The first kappa shape index (κ1) is 13.4. The highest BCUT2D eigenvalue weighted by atomic mass is 79.9. The molecule has 0 aromatic heterocycles. The van der Waals surface area contributed by atoms with E-state index in [0.29, 0.717) is 13.1 Å². The number of nitrogens with zero attached hydrogens (tertiary/aromatic N) is 2. The van der Waals surface area contributed by atoms with Crippen molar-refractivity contribution in [3.63, 3.8) is 0 Å². The molecule has 2 rings (SSSR count). The molecule has 0 radical (unpaired) electrons. The molecule has 2 amide bonds. The number of aryl methyl sites for hydroxylation is 1. The number of anilines is 1. The summed E-state index contributed by atoms with van der Waals surface area (Å²) in [6, 6.07) is 6.27. The first-order valence-electron chi connectivity index (χ1n) is 6.05. The van der Waals surface area contributed by atoms with E-state index in [2.05, 4.69) is 15.9 Å². The second-order valence-electron chi connectivity index (χ2n) is 4.69. The summed E-state index contributed by atoms with van der Waals surface area (Å²) in [7, 11) is 1.84. The van der Waals surface area contributed by atoms with E-state index in [4.69, 9.17) is 5.73 Å². The molecule has 0 saturated carbocycles. The van der Waals surface area contributed by atoms with E-state index >= 15 is 0 Å². The van der Waals surface area contributed by atoms with Gasteiger partial charge in [0.15, 0.2) is 0 Å². The van der Waals surface area contributed by atoms with Crippen LogP contribution in [0.3, 0.4) is 0 Å². The number of benzene rings is 1. The quantitative estimate of drug-likeness (QED) is 0.931. The van der Waals surface area contributed by atoms with Gasteiger partial charge in [-0.1, -0.05) is 6.07 Å². The first-order chi connectivity index (χ1) is 8.54. The SMILES string of the molecule is Cc1ccc(N2CC(CCN)N(C)C2=O)c(Br)c1. The molecule has 1 aromatic rings. The van der Waals surface area contributed by atoms with Crippen LogP contribution in [-0.2, 0) is 0 Å². The molecule has 0 aliphatic carbocycles. The van der Waals surface area contributed by atoms with Crippen LogP contribution in [0.5, 0.6) is 0 Å².